The van der Waals surface area contributed by atoms with Crippen molar-refractivity contribution >= 4 is 35.0 Å². The highest BCUT2D eigenvalue weighted by Crippen LogP contribution is 2.33. The minimum absolute atomic E-state index is 0. The summed E-state index contributed by atoms with van der Waals surface area (Å²) >= 11 is 2.25. The van der Waals surface area contributed by atoms with Crippen molar-refractivity contribution in [2.24, 2.45) is 0 Å². The quantitative estimate of drug-likeness (QED) is 0.641. The zero-order valence-electron chi connectivity index (χ0n) is 12.1. The van der Waals surface area contributed by atoms with Gasteiger partial charge in [0.1, 0.15) is 0 Å². The molecule has 116 valence electrons. The Hall–Kier alpha value is -0.240. The molecule has 1 unspecified atom stereocenters. The first-order valence-corrected chi connectivity index (χ1v) is 7.57. The topological polar surface area (TPSA) is 50.7 Å². The summed E-state index contributed by atoms with van der Waals surface area (Å²) in [5, 5.41) is 12.5. The Morgan fingerprint density at radius 2 is 2.05 bits per heavy atom. The summed E-state index contributed by atoms with van der Waals surface area (Å²) in [5.74, 6) is 1.55. The Kier molecular flexibility index (Phi) is 10.4. The average molecular weight is 416 g/mol. The van der Waals surface area contributed by atoms with Gasteiger partial charge in [-0.1, -0.05) is 6.92 Å². The number of nitrogens with one attached hydrogen (secondary N) is 1. The molecule has 1 aromatic carbocycles. The van der Waals surface area contributed by atoms with Gasteiger partial charge in [-0.3, -0.25) is 0 Å². The molecule has 0 fully saturated rings. The van der Waals surface area contributed by atoms with Crippen LogP contribution in [0.3, 0.4) is 0 Å². The molecular formula is C14H23ClINO3. The van der Waals surface area contributed by atoms with Gasteiger partial charge >= 0.3 is 0 Å². The number of halogens is 2. The standard InChI is InChI=1S/C14H22INO3.ClH/c1-4-11(9-17)16-8-10-6-12(15)14(19-5-2)13(7-10)18-3;/h6-7,11,16-17H,4-5,8-9H2,1-3H3;1H. The summed E-state index contributed by atoms with van der Waals surface area (Å²) in [5.41, 5.74) is 1.12. The maximum absolute atomic E-state index is 9.16. The van der Waals surface area contributed by atoms with Crippen LogP contribution >= 0.6 is 35.0 Å². The lowest BCUT2D eigenvalue weighted by Crippen LogP contribution is -2.31. The van der Waals surface area contributed by atoms with Crippen molar-refractivity contribution in [3.63, 3.8) is 0 Å². The van der Waals surface area contributed by atoms with Crippen molar-refractivity contribution in [1.82, 2.24) is 5.32 Å². The second-order valence-corrected chi connectivity index (χ2v) is 5.37. The molecule has 1 atom stereocenters. The van der Waals surface area contributed by atoms with Crippen molar-refractivity contribution in [3.8, 4) is 11.5 Å². The van der Waals surface area contributed by atoms with Crippen LogP contribution in [0.25, 0.3) is 0 Å². The average Bonchev–Trinajstić information content (AvgIpc) is 2.42. The van der Waals surface area contributed by atoms with E-state index in [2.05, 4.69) is 40.9 Å². The highest BCUT2D eigenvalue weighted by atomic mass is 127. The smallest absolute Gasteiger partial charge is 0.174 e. The lowest BCUT2D eigenvalue weighted by molar-refractivity contribution is 0.238. The molecule has 0 saturated heterocycles. The first-order chi connectivity index (χ1) is 9.15. The Bertz CT molecular complexity index is 400. The molecule has 0 aromatic heterocycles. The second-order valence-electron chi connectivity index (χ2n) is 4.21. The van der Waals surface area contributed by atoms with Gasteiger partial charge in [0.25, 0.3) is 0 Å². The molecule has 0 aliphatic carbocycles. The highest BCUT2D eigenvalue weighted by molar-refractivity contribution is 14.1. The van der Waals surface area contributed by atoms with Crippen LogP contribution in [-0.2, 0) is 6.54 Å². The van der Waals surface area contributed by atoms with Gasteiger partial charge in [-0.15, -0.1) is 12.4 Å². The molecule has 6 heteroatoms. The van der Waals surface area contributed by atoms with E-state index in [1.807, 2.05) is 13.0 Å². The minimum Gasteiger partial charge on any atom is -0.493 e. The lowest BCUT2D eigenvalue weighted by atomic mass is 10.1. The van der Waals surface area contributed by atoms with E-state index in [-0.39, 0.29) is 25.1 Å². The van der Waals surface area contributed by atoms with Crippen molar-refractivity contribution in [3.05, 3.63) is 21.3 Å². The summed E-state index contributed by atoms with van der Waals surface area (Å²) < 4.78 is 12.0. The molecule has 0 saturated carbocycles. The SMILES string of the molecule is CCOc1c(I)cc(CNC(CC)CO)cc1OC.Cl. The van der Waals surface area contributed by atoms with Crippen molar-refractivity contribution in [1.29, 1.82) is 0 Å². The molecule has 4 nitrogen and oxygen atoms in total. The fraction of sp³-hybridized carbons (Fsp3) is 0.571. The normalized spacial score (nSPS) is 11.7. The van der Waals surface area contributed by atoms with Gasteiger partial charge in [0.2, 0.25) is 0 Å². The first-order valence-electron chi connectivity index (χ1n) is 6.49. The summed E-state index contributed by atoms with van der Waals surface area (Å²) in [6.45, 7) is 5.49. The van der Waals surface area contributed by atoms with E-state index in [0.29, 0.717) is 13.2 Å². The molecular weight excluding hydrogens is 393 g/mol. The van der Waals surface area contributed by atoms with Gasteiger partial charge in [0, 0.05) is 12.6 Å². The third-order valence-electron chi connectivity index (χ3n) is 2.89. The molecule has 2 N–H and O–H groups in total. The van der Waals surface area contributed by atoms with E-state index in [1.54, 1.807) is 7.11 Å². The third kappa shape index (κ3) is 5.63. The molecule has 0 amide bonds. The first kappa shape index (κ1) is 19.8. The predicted molar refractivity (Wildman–Crippen MR) is 92.1 cm³/mol. The van der Waals surface area contributed by atoms with Crippen LogP contribution in [0, 0.1) is 3.57 Å². The van der Waals surface area contributed by atoms with Gasteiger partial charge in [-0.2, -0.15) is 0 Å². The van der Waals surface area contributed by atoms with E-state index < -0.39 is 0 Å². The fourth-order valence-corrected chi connectivity index (χ4v) is 2.58. The lowest BCUT2D eigenvalue weighted by Gasteiger charge is -2.16. The molecule has 0 heterocycles. The number of hydrogen-bond acceptors (Lipinski definition) is 4. The van der Waals surface area contributed by atoms with E-state index >= 15 is 0 Å². The van der Waals surface area contributed by atoms with Crippen LogP contribution < -0.4 is 14.8 Å². The van der Waals surface area contributed by atoms with Gasteiger partial charge in [-0.25, -0.2) is 0 Å². The highest BCUT2D eigenvalue weighted by Gasteiger charge is 2.12. The number of hydrogen-bond donors (Lipinski definition) is 2. The Balaban J connectivity index is 0.00000361. The monoisotopic (exact) mass is 415 g/mol. The van der Waals surface area contributed by atoms with Gasteiger partial charge in [-0.05, 0) is 53.6 Å². The van der Waals surface area contributed by atoms with E-state index in [4.69, 9.17) is 14.6 Å². The molecule has 20 heavy (non-hydrogen) atoms. The van der Waals surface area contributed by atoms with E-state index in [9.17, 15) is 0 Å². The molecule has 0 aliphatic heterocycles. The fourth-order valence-electron chi connectivity index (χ4n) is 1.76. The largest absolute Gasteiger partial charge is 0.493 e. The maximum Gasteiger partial charge on any atom is 0.174 e. The van der Waals surface area contributed by atoms with Crippen LogP contribution in [0.15, 0.2) is 12.1 Å². The zero-order valence-corrected chi connectivity index (χ0v) is 15.1. The molecule has 1 aromatic rings. The molecule has 0 spiro atoms. The zero-order chi connectivity index (χ0) is 14.3. The van der Waals surface area contributed by atoms with Crippen LogP contribution in [0.5, 0.6) is 11.5 Å². The number of rotatable bonds is 8. The van der Waals surface area contributed by atoms with Crippen LogP contribution in [0.2, 0.25) is 0 Å². The van der Waals surface area contributed by atoms with Gasteiger partial charge in [0.05, 0.1) is 23.9 Å². The Labute approximate surface area is 140 Å². The van der Waals surface area contributed by atoms with Crippen LogP contribution in [0.4, 0.5) is 0 Å². The predicted octanol–water partition coefficient (Wildman–Crippen LogP) is 2.98. The minimum atomic E-state index is 0. The number of benzene rings is 1. The number of aliphatic hydroxyl groups excluding tert-OH is 1. The van der Waals surface area contributed by atoms with Gasteiger partial charge < -0.3 is 19.9 Å². The summed E-state index contributed by atoms with van der Waals surface area (Å²) in [7, 11) is 1.65. The molecule has 0 radical (unpaired) electrons. The van der Waals surface area contributed by atoms with E-state index in [1.165, 1.54) is 0 Å². The molecule has 0 bridgehead atoms. The summed E-state index contributed by atoms with van der Waals surface area (Å²) in [4.78, 5) is 0. The Morgan fingerprint density at radius 1 is 1.35 bits per heavy atom. The van der Waals surface area contributed by atoms with Crippen molar-refractivity contribution in [2.75, 3.05) is 20.3 Å². The van der Waals surface area contributed by atoms with Crippen LogP contribution in [-0.4, -0.2) is 31.5 Å². The van der Waals surface area contributed by atoms with Crippen molar-refractivity contribution < 1.29 is 14.6 Å². The molecule has 0 aliphatic rings. The maximum atomic E-state index is 9.16. The second kappa shape index (κ2) is 10.5. The third-order valence-corrected chi connectivity index (χ3v) is 3.69. The van der Waals surface area contributed by atoms with E-state index in [0.717, 1.165) is 27.1 Å². The Morgan fingerprint density at radius 3 is 2.55 bits per heavy atom. The molecule has 1 rings (SSSR count). The number of methoxy groups -OCH3 is 1. The summed E-state index contributed by atoms with van der Waals surface area (Å²) in [6.07, 6.45) is 0.905. The number of ether oxygens (including phenoxy) is 2. The van der Waals surface area contributed by atoms with Crippen molar-refractivity contribution in [2.45, 2.75) is 32.9 Å². The van der Waals surface area contributed by atoms with Crippen LogP contribution in [0.1, 0.15) is 25.8 Å². The number of aliphatic hydroxyl groups is 1. The summed E-state index contributed by atoms with van der Waals surface area (Å²) in [6, 6.07) is 4.19. The van der Waals surface area contributed by atoms with Gasteiger partial charge in [0.15, 0.2) is 11.5 Å².